The van der Waals surface area contributed by atoms with E-state index >= 15 is 0 Å². The summed E-state index contributed by atoms with van der Waals surface area (Å²) in [5.41, 5.74) is 3.54. The van der Waals surface area contributed by atoms with E-state index in [0.717, 1.165) is 11.1 Å². The molecular formula is C22H16ClN3O3. The van der Waals surface area contributed by atoms with E-state index < -0.39 is 5.97 Å². The lowest BCUT2D eigenvalue weighted by Crippen LogP contribution is -2.10. The van der Waals surface area contributed by atoms with Gasteiger partial charge in [0.2, 0.25) is 5.78 Å². The van der Waals surface area contributed by atoms with Gasteiger partial charge in [-0.25, -0.2) is 14.3 Å². The molecule has 4 rings (SSSR count). The largest absolute Gasteiger partial charge is 0.464 e. The number of aryl methyl sites for hydroxylation is 1. The maximum Gasteiger partial charge on any atom is 0.356 e. The number of carbonyl (C=O) groups excluding carboxylic acids is 2. The topological polar surface area (TPSA) is 73.6 Å². The zero-order chi connectivity index (χ0) is 20.5. The third-order valence-corrected chi connectivity index (χ3v) is 4.75. The Morgan fingerprint density at radius 1 is 1.00 bits per heavy atom. The molecule has 6 nitrogen and oxygen atoms in total. The summed E-state index contributed by atoms with van der Waals surface area (Å²) in [6, 6.07) is 15.5. The summed E-state index contributed by atoms with van der Waals surface area (Å²) in [5.74, 6) is -0.937. The lowest BCUT2D eigenvalue weighted by atomic mass is 10.0. The van der Waals surface area contributed by atoms with Gasteiger partial charge in [0.05, 0.1) is 18.2 Å². The Labute approximate surface area is 171 Å². The van der Waals surface area contributed by atoms with Gasteiger partial charge in [-0.15, -0.1) is 0 Å². The van der Waals surface area contributed by atoms with Crippen LogP contribution in [0.3, 0.4) is 0 Å². The lowest BCUT2D eigenvalue weighted by molar-refractivity contribution is 0.0594. The van der Waals surface area contributed by atoms with E-state index in [-0.39, 0.29) is 17.2 Å². The predicted molar refractivity (Wildman–Crippen MR) is 109 cm³/mol. The number of nitrogens with zero attached hydrogens (tertiary/aromatic N) is 3. The number of halogens is 1. The molecule has 0 aliphatic carbocycles. The van der Waals surface area contributed by atoms with E-state index in [9.17, 15) is 9.59 Å². The van der Waals surface area contributed by atoms with Gasteiger partial charge in [-0.3, -0.25) is 4.79 Å². The molecule has 7 heteroatoms. The van der Waals surface area contributed by atoms with Gasteiger partial charge >= 0.3 is 5.97 Å². The summed E-state index contributed by atoms with van der Waals surface area (Å²) < 4.78 is 6.38. The first-order valence-corrected chi connectivity index (χ1v) is 9.20. The Hall–Kier alpha value is -3.51. The first-order valence-electron chi connectivity index (χ1n) is 8.83. The molecule has 0 aliphatic heterocycles. The summed E-state index contributed by atoms with van der Waals surface area (Å²) in [4.78, 5) is 29.4. The average Bonchev–Trinajstić information content (AvgIpc) is 3.11. The monoisotopic (exact) mass is 405 g/mol. The second-order valence-electron chi connectivity index (χ2n) is 6.50. The van der Waals surface area contributed by atoms with Crippen LogP contribution in [0.4, 0.5) is 0 Å². The number of methoxy groups -OCH3 is 1. The normalized spacial score (nSPS) is 10.9. The van der Waals surface area contributed by atoms with Gasteiger partial charge in [-0.1, -0.05) is 35.9 Å². The highest BCUT2D eigenvalue weighted by atomic mass is 35.5. The molecule has 0 spiro atoms. The van der Waals surface area contributed by atoms with Gasteiger partial charge in [0, 0.05) is 16.8 Å². The Bertz CT molecular complexity index is 1250. The summed E-state index contributed by atoms with van der Waals surface area (Å²) in [6.07, 6.45) is 1.85. The number of benzene rings is 1. The molecule has 0 atom stereocenters. The number of hydrogen-bond donors (Lipinski definition) is 0. The standard InChI is InChI=1S/C22H16ClN3O3/c1-13-6-11-18-19(21(27)16-4-3-5-17(24-16)22(28)29-2)20(25-26(18)12-13)14-7-9-15(23)10-8-14/h3-12H,1-2H3. The van der Waals surface area contributed by atoms with Crippen LogP contribution in [0.5, 0.6) is 0 Å². The van der Waals surface area contributed by atoms with Crippen molar-refractivity contribution < 1.29 is 14.3 Å². The molecule has 0 unspecified atom stereocenters. The smallest absolute Gasteiger partial charge is 0.356 e. The minimum Gasteiger partial charge on any atom is -0.464 e. The third-order valence-electron chi connectivity index (χ3n) is 4.50. The SMILES string of the molecule is COC(=O)c1cccc(C(=O)c2c(-c3ccc(Cl)cc3)nn3cc(C)ccc23)n1. The molecule has 144 valence electrons. The van der Waals surface area contributed by atoms with Crippen molar-refractivity contribution in [3.05, 3.63) is 88.3 Å². The number of ether oxygens (including phenoxy) is 1. The first kappa shape index (κ1) is 18.8. The second kappa shape index (κ2) is 7.48. The maximum absolute atomic E-state index is 13.4. The molecule has 29 heavy (non-hydrogen) atoms. The summed E-state index contributed by atoms with van der Waals surface area (Å²) >= 11 is 6.01. The van der Waals surface area contributed by atoms with Crippen LogP contribution in [-0.4, -0.2) is 33.5 Å². The van der Waals surface area contributed by atoms with Crippen molar-refractivity contribution in [3.63, 3.8) is 0 Å². The van der Waals surface area contributed by atoms with Gasteiger partial charge in [0.1, 0.15) is 17.1 Å². The summed E-state index contributed by atoms with van der Waals surface area (Å²) in [6.45, 7) is 1.95. The van der Waals surface area contributed by atoms with Crippen LogP contribution in [0.25, 0.3) is 16.8 Å². The maximum atomic E-state index is 13.4. The Kier molecular flexibility index (Phi) is 4.86. The molecule has 3 aromatic heterocycles. The number of rotatable bonds is 4. The van der Waals surface area contributed by atoms with Crippen molar-refractivity contribution >= 4 is 28.9 Å². The number of aromatic nitrogens is 3. The fourth-order valence-electron chi connectivity index (χ4n) is 3.09. The minimum absolute atomic E-state index is 0.0683. The van der Waals surface area contributed by atoms with Gasteiger partial charge in [-0.05, 0) is 42.8 Å². The Morgan fingerprint density at radius 3 is 2.45 bits per heavy atom. The molecule has 0 aliphatic rings. The highest BCUT2D eigenvalue weighted by molar-refractivity contribution is 6.30. The van der Waals surface area contributed by atoms with Crippen LogP contribution < -0.4 is 0 Å². The van der Waals surface area contributed by atoms with Crippen LogP contribution in [0, 0.1) is 6.92 Å². The molecule has 0 saturated carbocycles. The van der Waals surface area contributed by atoms with Crippen LogP contribution in [0.2, 0.25) is 5.02 Å². The van der Waals surface area contributed by atoms with Crippen molar-refractivity contribution in [2.45, 2.75) is 6.92 Å². The average molecular weight is 406 g/mol. The van der Waals surface area contributed by atoms with Crippen LogP contribution >= 0.6 is 11.6 Å². The van der Waals surface area contributed by atoms with Crippen molar-refractivity contribution in [2.75, 3.05) is 7.11 Å². The number of esters is 1. The van der Waals surface area contributed by atoms with Crippen LogP contribution in [0.15, 0.2) is 60.8 Å². The molecule has 0 amide bonds. The Morgan fingerprint density at radius 2 is 1.72 bits per heavy atom. The zero-order valence-electron chi connectivity index (χ0n) is 15.7. The van der Waals surface area contributed by atoms with Gasteiger partial charge in [0.15, 0.2) is 0 Å². The molecule has 1 aromatic carbocycles. The fourth-order valence-corrected chi connectivity index (χ4v) is 3.22. The lowest BCUT2D eigenvalue weighted by Gasteiger charge is -2.05. The fraction of sp³-hybridized carbons (Fsp3) is 0.0909. The van der Waals surface area contributed by atoms with E-state index in [2.05, 4.69) is 10.1 Å². The number of pyridine rings is 2. The number of hydrogen-bond acceptors (Lipinski definition) is 5. The Balaban J connectivity index is 1.92. The molecular weight excluding hydrogens is 390 g/mol. The predicted octanol–water partition coefficient (Wildman–Crippen LogP) is 4.38. The highest BCUT2D eigenvalue weighted by Gasteiger charge is 2.24. The first-order chi connectivity index (χ1) is 14.0. The molecule has 0 N–H and O–H groups in total. The molecule has 0 saturated heterocycles. The van der Waals surface area contributed by atoms with Crippen molar-refractivity contribution in [3.8, 4) is 11.3 Å². The van der Waals surface area contributed by atoms with Crippen molar-refractivity contribution in [2.24, 2.45) is 0 Å². The van der Waals surface area contributed by atoms with Crippen molar-refractivity contribution in [1.82, 2.24) is 14.6 Å². The van der Waals surface area contributed by atoms with Gasteiger partial charge in [-0.2, -0.15) is 5.10 Å². The van der Waals surface area contributed by atoms with Gasteiger partial charge in [0.25, 0.3) is 0 Å². The molecule has 3 heterocycles. The second-order valence-corrected chi connectivity index (χ2v) is 6.93. The number of ketones is 1. The van der Waals surface area contributed by atoms with Crippen LogP contribution in [0.1, 0.15) is 32.1 Å². The molecule has 0 radical (unpaired) electrons. The highest BCUT2D eigenvalue weighted by Crippen LogP contribution is 2.29. The third kappa shape index (κ3) is 3.50. The molecule has 0 bridgehead atoms. The molecule has 4 aromatic rings. The van der Waals surface area contributed by atoms with Gasteiger partial charge < -0.3 is 4.74 Å². The van der Waals surface area contributed by atoms with Crippen LogP contribution in [-0.2, 0) is 4.74 Å². The minimum atomic E-state index is -0.604. The van der Waals surface area contributed by atoms with E-state index in [4.69, 9.17) is 16.3 Å². The number of carbonyl (C=O) groups is 2. The summed E-state index contributed by atoms with van der Waals surface area (Å²) in [5, 5.41) is 5.22. The zero-order valence-corrected chi connectivity index (χ0v) is 16.5. The quantitative estimate of drug-likeness (QED) is 0.372. The molecule has 0 fully saturated rings. The van der Waals surface area contributed by atoms with E-state index in [1.165, 1.54) is 13.2 Å². The van der Waals surface area contributed by atoms with Crippen molar-refractivity contribution in [1.29, 1.82) is 0 Å². The summed E-state index contributed by atoms with van der Waals surface area (Å²) in [7, 11) is 1.27. The number of fused-ring (bicyclic) bond motifs is 1. The van der Waals surface area contributed by atoms with E-state index in [0.29, 0.717) is 21.8 Å². The van der Waals surface area contributed by atoms with E-state index in [1.807, 2.05) is 37.4 Å². The van der Waals surface area contributed by atoms with E-state index in [1.54, 1.807) is 28.8 Å².